The van der Waals surface area contributed by atoms with Crippen molar-refractivity contribution in [3.05, 3.63) is 36.4 Å². The molecule has 4 heteroatoms. The van der Waals surface area contributed by atoms with Crippen molar-refractivity contribution in [3.8, 4) is 0 Å². The summed E-state index contributed by atoms with van der Waals surface area (Å²) in [6.07, 6.45) is 4.57. The van der Waals surface area contributed by atoms with Crippen LogP contribution in [0.3, 0.4) is 0 Å². The van der Waals surface area contributed by atoms with Crippen LogP contribution in [0.5, 0.6) is 0 Å². The van der Waals surface area contributed by atoms with Crippen molar-refractivity contribution in [1.29, 1.82) is 0 Å². The van der Waals surface area contributed by atoms with Crippen LogP contribution in [0.4, 0.5) is 0 Å². The molecule has 2 aliphatic rings. The highest BCUT2D eigenvalue weighted by atomic mass is 16.4. The number of hydrogen-bond acceptors (Lipinski definition) is 3. The lowest BCUT2D eigenvalue weighted by atomic mass is 9.98. The SMILES string of the molecule is CC(C)CC(C(=O)O)N1CCC(CN2CCC(C)CC2)C1.c1ccccc1. The summed E-state index contributed by atoms with van der Waals surface area (Å²) in [5.74, 6) is 1.33. The molecule has 27 heavy (non-hydrogen) atoms. The second-order valence-corrected chi connectivity index (χ2v) is 8.77. The lowest BCUT2D eigenvalue weighted by Crippen LogP contribution is -2.42. The fraction of sp³-hybridized carbons (Fsp3) is 0.696. The van der Waals surface area contributed by atoms with Crippen LogP contribution in [-0.4, -0.2) is 59.6 Å². The first-order valence-corrected chi connectivity index (χ1v) is 10.6. The monoisotopic (exact) mass is 374 g/mol. The first kappa shape index (κ1) is 21.9. The maximum atomic E-state index is 11.5. The summed E-state index contributed by atoms with van der Waals surface area (Å²) in [6.45, 7) is 12.1. The van der Waals surface area contributed by atoms with E-state index < -0.39 is 5.97 Å². The van der Waals surface area contributed by atoms with Gasteiger partial charge >= 0.3 is 5.97 Å². The number of likely N-dealkylation sites (tertiary alicyclic amines) is 2. The zero-order valence-corrected chi connectivity index (χ0v) is 17.4. The van der Waals surface area contributed by atoms with Gasteiger partial charge in [-0.15, -0.1) is 0 Å². The summed E-state index contributed by atoms with van der Waals surface area (Å²) < 4.78 is 0. The van der Waals surface area contributed by atoms with Crippen LogP contribution in [0.15, 0.2) is 36.4 Å². The van der Waals surface area contributed by atoms with Crippen molar-refractivity contribution in [2.45, 2.75) is 52.5 Å². The molecule has 0 radical (unpaired) electrons. The number of rotatable bonds is 6. The molecule has 2 fully saturated rings. The molecule has 1 aromatic rings. The van der Waals surface area contributed by atoms with Gasteiger partial charge in [-0.3, -0.25) is 9.69 Å². The largest absolute Gasteiger partial charge is 0.480 e. The average Bonchev–Trinajstić information content (AvgIpc) is 3.11. The molecule has 4 nitrogen and oxygen atoms in total. The maximum absolute atomic E-state index is 11.5. The molecule has 2 aliphatic heterocycles. The van der Waals surface area contributed by atoms with E-state index in [9.17, 15) is 9.90 Å². The summed E-state index contributed by atoms with van der Waals surface area (Å²) >= 11 is 0. The minimum absolute atomic E-state index is 0.281. The van der Waals surface area contributed by atoms with Crippen molar-refractivity contribution in [2.24, 2.45) is 17.8 Å². The van der Waals surface area contributed by atoms with Crippen LogP contribution in [0, 0.1) is 17.8 Å². The Morgan fingerprint density at radius 2 is 1.56 bits per heavy atom. The molecule has 1 N–H and O–H groups in total. The van der Waals surface area contributed by atoms with Crippen LogP contribution >= 0.6 is 0 Å². The van der Waals surface area contributed by atoms with Crippen LogP contribution in [0.25, 0.3) is 0 Å². The molecule has 0 spiro atoms. The van der Waals surface area contributed by atoms with E-state index in [0.717, 1.165) is 38.4 Å². The minimum Gasteiger partial charge on any atom is -0.480 e. The molecular formula is C23H38N2O2. The highest BCUT2D eigenvalue weighted by Gasteiger charge is 2.33. The number of hydrogen-bond donors (Lipinski definition) is 1. The topological polar surface area (TPSA) is 43.8 Å². The van der Waals surface area contributed by atoms with Gasteiger partial charge in [0.05, 0.1) is 0 Å². The van der Waals surface area contributed by atoms with Gasteiger partial charge < -0.3 is 10.0 Å². The molecule has 2 atom stereocenters. The summed E-state index contributed by atoms with van der Waals surface area (Å²) in [5.41, 5.74) is 0. The van der Waals surface area contributed by atoms with E-state index in [4.69, 9.17) is 0 Å². The highest BCUT2D eigenvalue weighted by Crippen LogP contribution is 2.25. The molecule has 2 saturated heterocycles. The Kier molecular flexibility index (Phi) is 9.29. The van der Waals surface area contributed by atoms with Crippen molar-refractivity contribution in [2.75, 3.05) is 32.7 Å². The van der Waals surface area contributed by atoms with E-state index in [1.807, 2.05) is 36.4 Å². The van der Waals surface area contributed by atoms with Crippen LogP contribution < -0.4 is 0 Å². The molecule has 3 rings (SSSR count). The zero-order valence-electron chi connectivity index (χ0n) is 17.4. The number of aliphatic carboxylic acids is 1. The van der Waals surface area contributed by atoms with Gasteiger partial charge in [0.2, 0.25) is 0 Å². The van der Waals surface area contributed by atoms with Gasteiger partial charge in [-0.2, -0.15) is 0 Å². The van der Waals surface area contributed by atoms with E-state index in [1.165, 1.54) is 25.9 Å². The Morgan fingerprint density at radius 3 is 2.04 bits per heavy atom. The summed E-state index contributed by atoms with van der Waals surface area (Å²) in [7, 11) is 0. The second kappa shape index (κ2) is 11.5. The van der Waals surface area contributed by atoms with Crippen molar-refractivity contribution >= 4 is 5.97 Å². The standard InChI is InChI=1S/C17H32N2O2.C6H6/c1-13(2)10-16(17(20)21)19-9-6-15(12-19)11-18-7-4-14(3)5-8-18;1-2-4-6-5-3-1/h13-16H,4-12H2,1-3H3,(H,20,21);1-6H. The fourth-order valence-electron chi connectivity index (χ4n) is 4.14. The molecule has 0 bridgehead atoms. The third kappa shape index (κ3) is 8.02. The molecule has 0 saturated carbocycles. The van der Waals surface area contributed by atoms with Crippen LogP contribution in [-0.2, 0) is 4.79 Å². The summed E-state index contributed by atoms with van der Waals surface area (Å²) in [4.78, 5) is 16.3. The molecule has 2 unspecified atom stereocenters. The van der Waals surface area contributed by atoms with Gasteiger partial charge in [0.15, 0.2) is 0 Å². The van der Waals surface area contributed by atoms with E-state index >= 15 is 0 Å². The second-order valence-electron chi connectivity index (χ2n) is 8.77. The number of benzene rings is 1. The van der Waals surface area contributed by atoms with Gasteiger partial charge in [-0.25, -0.2) is 0 Å². The summed E-state index contributed by atoms with van der Waals surface area (Å²) in [5, 5.41) is 9.47. The Labute approximate surface area is 165 Å². The number of carboxylic acids is 1. The Hall–Kier alpha value is -1.39. The van der Waals surface area contributed by atoms with Gasteiger partial charge in [0.1, 0.15) is 6.04 Å². The van der Waals surface area contributed by atoms with E-state index in [2.05, 4.69) is 30.6 Å². The molecule has 0 amide bonds. The lowest BCUT2D eigenvalue weighted by Gasteiger charge is -2.32. The smallest absolute Gasteiger partial charge is 0.320 e. The van der Waals surface area contributed by atoms with E-state index in [-0.39, 0.29) is 6.04 Å². The Bertz CT molecular complexity index is 500. The number of piperidine rings is 1. The minimum atomic E-state index is -0.642. The van der Waals surface area contributed by atoms with Gasteiger partial charge in [-0.05, 0) is 63.1 Å². The zero-order chi connectivity index (χ0) is 19.6. The van der Waals surface area contributed by atoms with Crippen LogP contribution in [0.1, 0.15) is 46.5 Å². The number of nitrogens with zero attached hydrogens (tertiary/aromatic N) is 2. The fourth-order valence-corrected chi connectivity index (χ4v) is 4.14. The number of carbonyl (C=O) groups is 1. The predicted octanol–water partition coefficient (Wildman–Crippen LogP) is 4.23. The maximum Gasteiger partial charge on any atom is 0.320 e. The van der Waals surface area contributed by atoms with Crippen molar-refractivity contribution in [3.63, 3.8) is 0 Å². The van der Waals surface area contributed by atoms with E-state index in [0.29, 0.717) is 11.8 Å². The van der Waals surface area contributed by atoms with Gasteiger partial charge in [0, 0.05) is 13.1 Å². The third-order valence-corrected chi connectivity index (χ3v) is 5.80. The highest BCUT2D eigenvalue weighted by molar-refractivity contribution is 5.73. The Morgan fingerprint density at radius 1 is 1.00 bits per heavy atom. The molecular weight excluding hydrogens is 336 g/mol. The normalized spacial score (nSPS) is 23.0. The molecule has 0 aliphatic carbocycles. The van der Waals surface area contributed by atoms with Crippen LogP contribution in [0.2, 0.25) is 0 Å². The molecule has 0 aromatic heterocycles. The first-order chi connectivity index (χ1) is 13.0. The summed E-state index contributed by atoms with van der Waals surface area (Å²) in [6, 6.07) is 11.7. The molecule has 1 aromatic carbocycles. The number of carboxylic acid groups (broad SMARTS) is 1. The van der Waals surface area contributed by atoms with Crippen molar-refractivity contribution in [1.82, 2.24) is 9.80 Å². The van der Waals surface area contributed by atoms with Gasteiger partial charge in [0.25, 0.3) is 0 Å². The Balaban J connectivity index is 0.000000369. The van der Waals surface area contributed by atoms with E-state index in [1.54, 1.807) is 0 Å². The van der Waals surface area contributed by atoms with Crippen molar-refractivity contribution < 1.29 is 9.90 Å². The third-order valence-electron chi connectivity index (χ3n) is 5.80. The lowest BCUT2D eigenvalue weighted by molar-refractivity contribution is -0.143. The van der Waals surface area contributed by atoms with Gasteiger partial charge in [-0.1, -0.05) is 57.2 Å². The average molecular weight is 375 g/mol. The quantitative estimate of drug-likeness (QED) is 0.809. The molecule has 152 valence electrons. The molecule has 2 heterocycles. The predicted molar refractivity (Wildman–Crippen MR) is 112 cm³/mol. The first-order valence-electron chi connectivity index (χ1n) is 10.6.